The Morgan fingerprint density at radius 1 is 0.733 bits per heavy atom. The van der Waals surface area contributed by atoms with Crippen molar-refractivity contribution in [3.63, 3.8) is 0 Å². The molecule has 1 aromatic rings. The molecule has 1 atom stereocenters. The lowest BCUT2D eigenvalue weighted by Gasteiger charge is -2.21. The second kappa shape index (κ2) is 5.98. The van der Waals surface area contributed by atoms with Gasteiger partial charge in [-0.05, 0) is 64.6 Å². The van der Waals surface area contributed by atoms with Gasteiger partial charge in [-0.3, -0.25) is 0 Å². The second-order valence-corrected chi connectivity index (χ2v) is 7.95. The Morgan fingerprint density at radius 3 is 2.53 bits per heavy atom. The number of hydrogen-bond donors (Lipinski definition) is 0. The Kier molecular flexibility index (Phi) is 3.25. The number of hydrogen-bond acceptors (Lipinski definition) is 6. The summed E-state index contributed by atoms with van der Waals surface area (Å²) in [6, 6.07) is 4.18. The van der Waals surface area contributed by atoms with Crippen molar-refractivity contribution in [2.45, 2.75) is 12.8 Å². The summed E-state index contributed by atoms with van der Waals surface area (Å²) in [5.74, 6) is 5.07. The van der Waals surface area contributed by atoms with Gasteiger partial charge in [-0.1, -0.05) is 12.2 Å². The van der Waals surface area contributed by atoms with E-state index in [1.54, 1.807) is 0 Å². The van der Waals surface area contributed by atoms with Crippen molar-refractivity contribution < 1.29 is 28.4 Å². The van der Waals surface area contributed by atoms with Gasteiger partial charge in [0.2, 0.25) is 20.4 Å². The van der Waals surface area contributed by atoms with Crippen LogP contribution in [0.25, 0.3) is 6.08 Å². The number of benzene rings is 1. The first kappa shape index (κ1) is 16.3. The van der Waals surface area contributed by atoms with Crippen LogP contribution in [0, 0.1) is 5.92 Å². The van der Waals surface area contributed by atoms with E-state index in [1.807, 2.05) is 0 Å². The molecule has 6 nitrogen and oxygen atoms in total. The molecule has 0 radical (unpaired) electrons. The van der Waals surface area contributed by atoms with Crippen molar-refractivity contribution in [2.24, 2.45) is 5.92 Å². The first-order valence-corrected chi connectivity index (χ1v) is 10.1. The molecule has 6 heteroatoms. The minimum atomic E-state index is 0.161. The van der Waals surface area contributed by atoms with Crippen LogP contribution in [0.2, 0.25) is 0 Å². The van der Waals surface area contributed by atoms with Crippen molar-refractivity contribution in [3.05, 3.63) is 87.3 Å². The molecule has 0 saturated carbocycles. The fourth-order valence-corrected chi connectivity index (χ4v) is 4.67. The zero-order chi connectivity index (χ0) is 19.7. The Labute approximate surface area is 173 Å². The molecule has 0 amide bonds. The Hall–Kier alpha value is -3.54. The highest BCUT2D eigenvalue weighted by molar-refractivity contribution is 5.70. The number of fused-ring (bicyclic) bond motifs is 5. The van der Waals surface area contributed by atoms with Crippen LogP contribution in [0.3, 0.4) is 0 Å². The highest BCUT2D eigenvalue weighted by atomic mass is 16.7. The second-order valence-electron chi connectivity index (χ2n) is 7.95. The lowest BCUT2D eigenvalue weighted by Crippen LogP contribution is -2.11. The maximum absolute atomic E-state index is 5.68. The maximum atomic E-state index is 5.68. The molecule has 0 bridgehead atoms. The van der Waals surface area contributed by atoms with E-state index in [4.69, 9.17) is 28.4 Å². The molecular formula is C24H18O6. The van der Waals surface area contributed by atoms with Crippen molar-refractivity contribution in [2.75, 3.05) is 20.4 Å². The van der Waals surface area contributed by atoms with E-state index in [9.17, 15) is 0 Å². The quantitative estimate of drug-likeness (QED) is 0.647. The van der Waals surface area contributed by atoms with Crippen LogP contribution in [-0.2, 0) is 25.4 Å². The van der Waals surface area contributed by atoms with Crippen molar-refractivity contribution >= 4 is 6.08 Å². The van der Waals surface area contributed by atoms with Crippen LogP contribution in [-0.4, -0.2) is 20.4 Å². The third-order valence-corrected chi connectivity index (χ3v) is 6.21. The fraction of sp³-hybridized carbons (Fsp3) is 0.250. The zero-order valence-corrected chi connectivity index (χ0v) is 16.1. The van der Waals surface area contributed by atoms with Crippen LogP contribution >= 0.6 is 0 Å². The molecule has 30 heavy (non-hydrogen) atoms. The van der Waals surface area contributed by atoms with E-state index in [0.29, 0.717) is 6.42 Å². The minimum Gasteiger partial charge on any atom is -0.458 e. The predicted octanol–water partition coefficient (Wildman–Crippen LogP) is 4.23. The summed E-state index contributed by atoms with van der Waals surface area (Å²) in [5, 5.41) is 0. The summed E-state index contributed by atoms with van der Waals surface area (Å²) in [7, 11) is 0. The topological polar surface area (TPSA) is 55.4 Å². The standard InChI is InChI=1S/C24H18O6/c1-13-4-19-21(27-10-25-19)6-15(13)2-17-8-23-24(30-12-29-23)9-18(17)3-16-7-22-20(5-14(1)16)26-11-28-22/h1-2,4-5,7-9,16H,3,6,10-12H2/b14-1-,15-2?. The Balaban J connectivity index is 1.44. The normalized spacial score (nSPS) is 26.5. The highest BCUT2D eigenvalue weighted by Crippen LogP contribution is 2.43. The van der Waals surface area contributed by atoms with E-state index in [2.05, 4.69) is 42.5 Å². The molecule has 1 saturated heterocycles. The number of ether oxygens (including phenoxy) is 6. The van der Waals surface area contributed by atoms with Crippen LogP contribution in [0.1, 0.15) is 17.5 Å². The monoisotopic (exact) mass is 402 g/mol. The molecule has 7 rings (SSSR count). The Bertz CT molecular complexity index is 1180. The molecule has 0 N–H and O–H groups in total. The van der Waals surface area contributed by atoms with Gasteiger partial charge < -0.3 is 28.4 Å². The molecule has 1 unspecified atom stereocenters. The summed E-state index contributed by atoms with van der Waals surface area (Å²) in [5.41, 5.74) is 5.83. The first-order valence-electron chi connectivity index (χ1n) is 10.1. The zero-order valence-electron chi connectivity index (χ0n) is 16.1. The maximum Gasteiger partial charge on any atom is 0.231 e. The molecule has 1 aromatic carbocycles. The minimum absolute atomic E-state index is 0.161. The van der Waals surface area contributed by atoms with Gasteiger partial charge in [0.05, 0.1) is 0 Å². The van der Waals surface area contributed by atoms with Crippen molar-refractivity contribution in [1.82, 2.24) is 0 Å². The van der Waals surface area contributed by atoms with E-state index >= 15 is 0 Å². The van der Waals surface area contributed by atoms with Crippen LogP contribution in [0.5, 0.6) is 11.5 Å². The van der Waals surface area contributed by atoms with Crippen molar-refractivity contribution in [1.29, 1.82) is 0 Å². The summed E-state index contributed by atoms with van der Waals surface area (Å²) in [4.78, 5) is 0. The molecule has 6 aliphatic rings. The third-order valence-electron chi connectivity index (χ3n) is 6.21. The summed E-state index contributed by atoms with van der Waals surface area (Å²) >= 11 is 0. The van der Waals surface area contributed by atoms with Gasteiger partial charge in [-0.25, -0.2) is 0 Å². The van der Waals surface area contributed by atoms with Gasteiger partial charge in [0.25, 0.3) is 0 Å². The molecule has 3 aliphatic heterocycles. The van der Waals surface area contributed by atoms with Gasteiger partial charge in [-0.2, -0.15) is 0 Å². The molecule has 0 spiro atoms. The number of rotatable bonds is 0. The number of allylic oxidation sites excluding steroid dienone is 7. The lowest BCUT2D eigenvalue weighted by molar-refractivity contribution is 0.0736. The van der Waals surface area contributed by atoms with E-state index < -0.39 is 0 Å². The molecule has 3 heterocycles. The highest BCUT2D eigenvalue weighted by Gasteiger charge is 2.31. The van der Waals surface area contributed by atoms with Gasteiger partial charge in [0, 0.05) is 12.3 Å². The van der Waals surface area contributed by atoms with Gasteiger partial charge in [0.15, 0.2) is 28.8 Å². The molecule has 1 fully saturated rings. The predicted molar refractivity (Wildman–Crippen MR) is 106 cm³/mol. The van der Waals surface area contributed by atoms with E-state index in [-0.39, 0.29) is 26.3 Å². The van der Waals surface area contributed by atoms with Crippen LogP contribution in [0.4, 0.5) is 0 Å². The summed E-state index contributed by atoms with van der Waals surface area (Å²) < 4.78 is 34.0. The first-order chi connectivity index (χ1) is 14.8. The lowest BCUT2D eigenvalue weighted by atomic mass is 9.85. The average molecular weight is 402 g/mol. The fourth-order valence-electron chi connectivity index (χ4n) is 4.67. The molecule has 150 valence electrons. The van der Waals surface area contributed by atoms with Gasteiger partial charge in [0.1, 0.15) is 5.76 Å². The van der Waals surface area contributed by atoms with Crippen molar-refractivity contribution in [3.8, 4) is 11.5 Å². The van der Waals surface area contributed by atoms with Gasteiger partial charge in [-0.15, -0.1) is 0 Å². The molecular weight excluding hydrogens is 384 g/mol. The van der Waals surface area contributed by atoms with Crippen LogP contribution < -0.4 is 9.47 Å². The van der Waals surface area contributed by atoms with Crippen LogP contribution in [0.15, 0.2) is 76.2 Å². The largest absolute Gasteiger partial charge is 0.458 e. The molecule has 0 aromatic heterocycles. The van der Waals surface area contributed by atoms with E-state index in [0.717, 1.165) is 52.1 Å². The summed E-state index contributed by atoms with van der Waals surface area (Å²) in [6.07, 6.45) is 12.3. The third kappa shape index (κ3) is 2.43. The summed E-state index contributed by atoms with van der Waals surface area (Å²) in [6.45, 7) is 0.803. The Morgan fingerprint density at radius 2 is 1.57 bits per heavy atom. The van der Waals surface area contributed by atoms with E-state index in [1.165, 1.54) is 16.7 Å². The SMILES string of the molecule is C1=C2/C=C3/C=C4OCOC4=CC3Cc3cc4c(cc3C=C2CC2=C1OCO2)OCO4. The molecule has 3 aliphatic carbocycles. The smallest absolute Gasteiger partial charge is 0.231 e. The van der Waals surface area contributed by atoms with Gasteiger partial charge >= 0.3 is 0 Å². The average Bonchev–Trinajstić information content (AvgIpc) is 3.48.